The lowest BCUT2D eigenvalue weighted by Crippen LogP contribution is -2.05. The van der Waals surface area contributed by atoms with E-state index in [0.717, 1.165) is 10.8 Å². The van der Waals surface area contributed by atoms with Gasteiger partial charge in [-0.15, -0.1) is 0 Å². The zero-order valence-electron chi connectivity index (χ0n) is 12.6. The van der Waals surface area contributed by atoms with Gasteiger partial charge in [-0.2, -0.15) is 5.26 Å². The summed E-state index contributed by atoms with van der Waals surface area (Å²) < 4.78 is 1.60. The molecule has 0 aliphatic heterocycles. The molecule has 4 aromatic rings. The Labute approximate surface area is 137 Å². The minimum Gasteiger partial charge on any atom is -0.504 e. The van der Waals surface area contributed by atoms with E-state index in [1.807, 2.05) is 42.5 Å². The van der Waals surface area contributed by atoms with Crippen molar-refractivity contribution in [2.75, 3.05) is 0 Å². The summed E-state index contributed by atoms with van der Waals surface area (Å²) in [5.41, 5.74) is 1.24. The number of hydrogen-bond donors (Lipinski definition) is 1. The van der Waals surface area contributed by atoms with Crippen LogP contribution in [0.15, 0.2) is 66.9 Å². The third kappa shape index (κ3) is 1.89. The van der Waals surface area contributed by atoms with Crippen molar-refractivity contribution < 1.29 is 9.90 Å². The number of aromatic nitrogens is 1. The Morgan fingerprint density at radius 2 is 1.71 bits per heavy atom. The predicted molar refractivity (Wildman–Crippen MR) is 91.2 cm³/mol. The maximum absolute atomic E-state index is 12.9. The number of ketones is 1. The van der Waals surface area contributed by atoms with Crippen LogP contribution in [-0.2, 0) is 0 Å². The summed E-state index contributed by atoms with van der Waals surface area (Å²) in [6.07, 6.45) is 1.72. The molecule has 2 heterocycles. The predicted octanol–water partition coefficient (Wildman–Crippen LogP) is 3.90. The molecule has 2 aromatic carbocycles. The molecule has 2 aromatic heterocycles. The number of fused-ring (bicyclic) bond motifs is 3. The lowest BCUT2D eigenvalue weighted by atomic mass is 10.1. The molecule has 0 radical (unpaired) electrons. The maximum Gasteiger partial charge on any atom is 0.213 e. The monoisotopic (exact) mass is 312 g/mol. The van der Waals surface area contributed by atoms with Crippen molar-refractivity contribution in [3.05, 3.63) is 83.7 Å². The molecular formula is C20H12N2O2. The lowest BCUT2D eigenvalue weighted by molar-refractivity contribution is 0.103. The zero-order chi connectivity index (χ0) is 16.7. The van der Waals surface area contributed by atoms with E-state index in [-0.39, 0.29) is 22.8 Å². The molecule has 24 heavy (non-hydrogen) atoms. The minimum atomic E-state index is -0.320. The van der Waals surface area contributed by atoms with Gasteiger partial charge >= 0.3 is 0 Å². The number of nitriles is 1. The van der Waals surface area contributed by atoms with Crippen molar-refractivity contribution in [1.82, 2.24) is 4.40 Å². The first kappa shape index (κ1) is 14.0. The fourth-order valence-corrected chi connectivity index (χ4v) is 3.05. The number of carbonyl (C=O) groups is 1. The van der Waals surface area contributed by atoms with Crippen LogP contribution in [0.3, 0.4) is 0 Å². The van der Waals surface area contributed by atoms with Crippen LogP contribution in [0.5, 0.6) is 5.75 Å². The van der Waals surface area contributed by atoms with Crippen LogP contribution in [0.4, 0.5) is 0 Å². The first-order valence-corrected chi connectivity index (χ1v) is 7.47. The van der Waals surface area contributed by atoms with Crippen molar-refractivity contribution in [3.8, 4) is 11.8 Å². The summed E-state index contributed by atoms with van der Waals surface area (Å²) in [6.45, 7) is 0. The maximum atomic E-state index is 12.9. The standard InChI is InChI=1S/C20H12N2O2/c21-12-16-17-15-9-5-4-6-13(15)10-11-22(17)18(20(16)24)19(23)14-7-2-1-3-8-14/h1-11,24H. The van der Waals surface area contributed by atoms with Gasteiger partial charge in [-0.25, -0.2) is 0 Å². The highest BCUT2D eigenvalue weighted by atomic mass is 16.3. The SMILES string of the molecule is N#Cc1c(O)c(C(=O)c2ccccc2)n2ccc3ccccc3c12. The van der Waals surface area contributed by atoms with Gasteiger partial charge in [0.25, 0.3) is 0 Å². The average Bonchev–Trinajstić information content (AvgIpc) is 2.93. The molecule has 0 aliphatic carbocycles. The van der Waals surface area contributed by atoms with Gasteiger partial charge in [0.2, 0.25) is 5.78 Å². The molecule has 0 spiro atoms. The van der Waals surface area contributed by atoms with E-state index in [9.17, 15) is 15.2 Å². The smallest absolute Gasteiger partial charge is 0.213 e. The van der Waals surface area contributed by atoms with Gasteiger partial charge in [-0.1, -0.05) is 54.6 Å². The van der Waals surface area contributed by atoms with E-state index in [1.165, 1.54) is 0 Å². The molecule has 0 atom stereocenters. The molecule has 0 saturated carbocycles. The Morgan fingerprint density at radius 1 is 1.00 bits per heavy atom. The number of nitrogens with zero attached hydrogens (tertiary/aromatic N) is 2. The van der Waals surface area contributed by atoms with Gasteiger partial charge in [0.05, 0.1) is 5.52 Å². The summed E-state index contributed by atoms with van der Waals surface area (Å²) in [7, 11) is 0. The molecule has 0 fully saturated rings. The van der Waals surface area contributed by atoms with Crippen LogP contribution in [0.25, 0.3) is 16.3 Å². The molecule has 1 N–H and O–H groups in total. The summed E-state index contributed by atoms with van der Waals surface area (Å²) in [5, 5.41) is 21.8. The topological polar surface area (TPSA) is 65.5 Å². The number of benzene rings is 2. The Hall–Kier alpha value is -3.58. The number of pyridine rings is 1. The fraction of sp³-hybridized carbons (Fsp3) is 0. The van der Waals surface area contributed by atoms with Crippen molar-refractivity contribution in [3.63, 3.8) is 0 Å². The van der Waals surface area contributed by atoms with Crippen LogP contribution in [-0.4, -0.2) is 15.3 Å². The first-order chi connectivity index (χ1) is 11.7. The Kier molecular flexibility index (Phi) is 3.07. The molecule has 114 valence electrons. The van der Waals surface area contributed by atoms with Crippen molar-refractivity contribution >= 4 is 22.1 Å². The Bertz CT molecular complexity index is 1140. The Balaban J connectivity index is 2.11. The van der Waals surface area contributed by atoms with Gasteiger partial charge in [-0.3, -0.25) is 4.79 Å². The largest absolute Gasteiger partial charge is 0.504 e. The van der Waals surface area contributed by atoms with Crippen molar-refractivity contribution in [2.45, 2.75) is 0 Å². The average molecular weight is 312 g/mol. The molecule has 4 nitrogen and oxygen atoms in total. The van der Waals surface area contributed by atoms with E-state index >= 15 is 0 Å². The quantitative estimate of drug-likeness (QED) is 0.571. The van der Waals surface area contributed by atoms with E-state index in [0.29, 0.717) is 11.1 Å². The number of hydrogen-bond acceptors (Lipinski definition) is 3. The van der Waals surface area contributed by atoms with Gasteiger partial charge in [0.1, 0.15) is 17.3 Å². The second-order valence-electron chi connectivity index (χ2n) is 5.50. The molecule has 4 rings (SSSR count). The molecule has 0 amide bonds. The Morgan fingerprint density at radius 3 is 2.46 bits per heavy atom. The number of carbonyl (C=O) groups excluding carboxylic acids is 1. The van der Waals surface area contributed by atoms with Crippen molar-refractivity contribution in [1.29, 1.82) is 5.26 Å². The van der Waals surface area contributed by atoms with Gasteiger partial charge < -0.3 is 9.51 Å². The molecule has 0 saturated heterocycles. The van der Waals surface area contributed by atoms with Crippen LogP contribution in [0.1, 0.15) is 21.6 Å². The highest BCUT2D eigenvalue weighted by Gasteiger charge is 2.25. The first-order valence-electron chi connectivity index (χ1n) is 7.47. The van der Waals surface area contributed by atoms with Crippen LogP contribution in [0.2, 0.25) is 0 Å². The second kappa shape index (κ2) is 5.25. The number of aromatic hydroxyl groups is 1. The minimum absolute atomic E-state index is 0.110. The highest BCUT2D eigenvalue weighted by Crippen LogP contribution is 2.35. The van der Waals surface area contributed by atoms with E-state index in [4.69, 9.17) is 0 Å². The highest BCUT2D eigenvalue weighted by molar-refractivity contribution is 6.13. The van der Waals surface area contributed by atoms with Crippen LogP contribution < -0.4 is 0 Å². The van der Waals surface area contributed by atoms with Crippen LogP contribution >= 0.6 is 0 Å². The second-order valence-corrected chi connectivity index (χ2v) is 5.50. The molecule has 0 unspecified atom stereocenters. The summed E-state index contributed by atoms with van der Waals surface area (Å²) in [6, 6.07) is 20.2. The zero-order valence-corrected chi connectivity index (χ0v) is 12.6. The van der Waals surface area contributed by atoms with Gasteiger partial charge in [0, 0.05) is 17.1 Å². The third-order valence-corrected chi connectivity index (χ3v) is 4.16. The molecular weight excluding hydrogens is 300 g/mol. The lowest BCUT2D eigenvalue weighted by Gasteiger charge is -2.05. The van der Waals surface area contributed by atoms with Crippen molar-refractivity contribution in [2.24, 2.45) is 0 Å². The van der Waals surface area contributed by atoms with E-state index in [2.05, 4.69) is 0 Å². The number of rotatable bonds is 2. The normalized spacial score (nSPS) is 10.8. The van der Waals surface area contributed by atoms with Gasteiger partial charge in [0.15, 0.2) is 5.75 Å². The third-order valence-electron chi connectivity index (χ3n) is 4.16. The summed E-state index contributed by atoms with van der Waals surface area (Å²) in [4.78, 5) is 12.9. The van der Waals surface area contributed by atoms with E-state index < -0.39 is 0 Å². The molecule has 0 aliphatic rings. The molecule has 4 heteroatoms. The fourth-order valence-electron chi connectivity index (χ4n) is 3.05. The van der Waals surface area contributed by atoms with Gasteiger partial charge in [-0.05, 0) is 11.5 Å². The van der Waals surface area contributed by atoms with E-state index in [1.54, 1.807) is 34.9 Å². The summed E-state index contributed by atoms with van der Waals surface area (Å²) >= 11 is 0. The summed E-state index contributed by atoms with van der Waals surface area (Å²) in [5.74, 6) is -0.595. The molecule has 0 bridgehead atoms. The van der Waals surface area contributed by atoms with Crippen LogP contribution in [0, 0.1) is 11.3 Å².